The molecule has 78 valence electrons. The molecule has 1 rings (SSSR count). The molecule has 0 aliphatic carbocycles. The van der Waals surface area contributed by atoms with Crippen molar-refractivity contribution >= 4 is 11.6 Å². The summed E-state index contributed by atoms with van der Waals surface area (Å²) in [4.78, 5) is 0. The SMILES string of the molecule is C=C/C=C(\C)c1cccc(/C=C\C)c1C. The van der Waals surface area contributed by atoms with E-state index in [9.17, 15) is 0 Å². The van der Waals surface area contributed by atoms with E-state index in [0.717, 1.165) is 0 Å². The highest BCUT2D eigenvalue weighted by atomic mass is 14.1. The van der Waals surface area contributed by atoms with Gasteiger partial charge in [-0.25, -0.2) is 0 Å². The molecular weight excluding hydrogens is 180 g/mol. The first-order valence-corrected chi connectivity index (χ1v) is 5.22. The fraction of sp³-hybridized carbons (Fsp3) is 0.200. The summed E-state index contributed by atoms with van der Waals surface area (Å²) in [6.07, 6.45) is 8.08. The Kier molecular flexibility index (Phi) is 4.11. The molecule has 1 aromatic carbocycles. The van der Waals surface area contributed by atoms with Crippen molar-refractivity contribution in [1.29, 1.82) is 0 Å². The second-order valence-corrected chi connectivity index (χ2v) is 3.61. The maximum absolute atomic E-state index is 3.72. The largest absolute Gasteiger partial charge is 0.0991 e. The van der Waals surface area contributed by atoms with Crippen LogP contribution in [0.25, 0.3) is 11.6 Å². The first-order valence-electron chi connectivity index (χ1n) is 5.22. The van der Waals surface area contributed by atoms with Gasteiger partial charge in [0.1, 0.15) is 0 Å². The highest BCUT2D eigenvalue weighted by Gasteiger charge is 2.02. The third kappa shape index (κ3) is 2.69. The fourth-order valence-electron chi connectivity index (χ4n) is 1.71. The van der Waals surface area contributed by atoms with Crippen molar-refractivity contribution in [2.45, 2.75) is 20.8 Å². The molecule has 0 aromatic heterocycles. The molecule has 15 heavy (non-hydrogen) atoms. The lowest BCUT2D eigenvalue weighted by molar-refractivity contribution is 1.38. The highest BCUT2D eigenvalue weighted by molar-refractivity contribution is 5.71. The summed E-state index contributed by atoms with van der Waals surface area (Å²) >= 11 is 0. The molecule has 0 radical (unpaired) electrons. The molecule has 0 bridgehead atoms. The maximum Gasteiger partial charge on any atom is -0.0192 e. The van der Waals surface area contributed by atoms with Gasteiger partial charge in [0.25, 0.3) is 0 Å². The molecule has 0 atom stereocenters. The molecule has 0 saturated carbocycles. The molecule has 0 unspecified atom stereocenters. The van der Waals surface area contributed by atoms with E-state index in [1.54, 1.807) is 0 Å². The quantitative estimate of drug-likeness (QED) is 0.622. The van der Waals surface area contributed by atoms with Crippen molar-refractivity contribution in [3.8, 4) is 0 Å². The molecule has 0 nitrogen and oxygen atoms in total. The van der Waals surface area contributed by atoms with E-state index in [0.29, 0.717) is 0 Å². The Morgan fingerprint density at radius 3 is 2.67 bits per heavy atom. The average molecular weight is 198 g/mol. The molecule has 0 amide bonds. The van der Waals surface area contributed by atoms with Gasteiger partial charge < -0.3 is 0 Å². The summed E-state index contributed by atoms with van der Waals surface area (Å²) in [5, 5.41) is 0. The highest BCUT2D eigenvalue weighted by Crippen LogP contribution is 2.22. The second kappa shape index (κ2) is 5.35. The molecule has 1 aromatic rings. The maximum atomic E-state index is 3.72. The van der Waals surface area contributed by atoms with E-state index in [4.69, 9.17) is 0 Å². The minimum atomic E-state index is 1.26. The van der Waals surface area contributed by atoms with Gasteiger partial charge in [0.15, 0.2) is 0 Å². The molecule has 0 heteroatoms. The van der Waals surface area contributed by atoms with Crippen molar-refractivity contribution in [2.75, 3.05) is 0 Å². The van der Waals surface area contributed by atoms with Crippen molar-refractivity contribution in [2.24, 2.45) is 0 Å². The van der Waals surface area contributed by atoms with Crippen LogP contribution in [0.1, 0.15) is 30.5 Å². The van der Waals surface area contributed by atoms with Crippen molar-refractivity contribution in [1.82, 2.24) is 0 Å². The Hall–Kier alpha value is -1.56. The topological polar surface area (TPSA) is 0 Å². The van der Waals surface area contributed by atoms with Crippen LogP contribution in [0.2, 0.25) is 0 Å². The van der Waals surface area contributed by atoms with E-state index in [1.807, 2.05) is 19.1 Å². The molecular formula is C15H18. The molecule has 0 N–H and O–H groups in total. The van der Waals surface area contributed by atoms with Gasteiger partial charge in [-0.1, -0.05) is 49.1 Å². The van der Waals surface area contributed by atoms with Gasteiger partial charge in [-0.15, -0.1) is 0 Å². The van der Waals surface area contributed by atoms with Gasteiger partial charge in [0.2, 0.25) is 0 Å². The van der Waals surface area contributed by atoms with E-state index in [1.165, 1.54) is 22.3 Å². The van der Waals surface area contributed by atoms with Crippen molar-refractivity contribution in [3.63, 3.8) is 0 Å². The Morgan fingerprint density at radius 1 is 1.33 bits per heavy atom. The normalized spacial score (nSPS) is 12.1. The molecule has 0 aliphatic heterocycles. The van der Waals surface area contributed by atoms with Crippen LogP contribution >= 0.6 is 0 Å². The van der Waals surface area contributed by atoms with Gasteiger partial charge in [-0.2, -0.15) is 0 Å². The molecule has 0 saturated heterocycles. The lowest BCUT2D eigenvalue weighted by atomic mass is 9.97. The van der Waals surface area contributed by atoms with E-state index < -0.39 is 0 Å². The van der Waals surface area contributed by atoms with Gasteiger partial charge >= 0.3 is 0 Å². The number of allylic oxidation sites excluding steroid dienone is 4. The first-order chi connectivity index (χ1) is 7.20. The lowest BCUT2D eigenvalue weighted by Gasteiger charge is -2.08. The van der Waals surface area contributed by atoms with Crippen LogP contribution in [0, 0.1) is 6.92 Å². The number of hydrogen-bond donors (Lipinski definition) is 0. The summed E-state index contributed by atoms with van der Waals surface area (Å²) in [5.74, 6) is 0. The summed E-state index contributed by atoms with van der Waals surface area (Å²) in [7, 11) is 0. The Balaban J connectivity index is 3.26. The van der Waals surface area contributed by atoms with Crippen molar-refractivity contribution in [3.05, 3.63) is 59.7 Å². The predicted octanol–water partition coefficient (Wildman–Crippen LogP) is 4.62. The minimum absolute atomic E-state index is 1.26. The van der Waals surface area contributed by atoms with Gasteiger partial charge in [-0.05, 0) is 43.0 Å². The van der Waals surface area contributed by atoms with E-state index >= 15 is 0 Å². The summed E-state index contributed by atoms with van der Waals surface area (Å²) in [6.45, 7) is 10.0. The van der Waals surface area contributed by atoms with E-state index in [2.05, 4.69) is 50.8 Å². The smallest absolute Gasteiger partial charge is 0.0192 e. The Labute approximate surface area is 92.6 Å². The zero-order valence-electron chi connectivity index (χ0n) is 9.75. The molecule has 0 fully saturated rings. The zero-order valence-corrected chi connectivity index (χ0v) is 9.75. The predicted molar refractivity (Wildman–Crippen MR) is 69.7 cm³/mol. The van der Waals surface area contributed by atoms with Crippen LogP contribution in [0.5, 0.6) is 0 Å². The van der Waals surface area contributed by atoms with Gasteiger partial charge in [0, 0.05) is 0 Å². The van der Waals surface area contributed by atoms with Crippen LogP contribution in [0.15, 0.2) is 43.0 Å². The third-order valence-electron chi connectivity index (χ3n) is 2.51. The van der Waals surface area contributed by atoms with Crippen LogP contribution in [0.3, 0.4) is 0 Å². The summed E-state index contributed by atoms with van der Waals surface area (Å²) < 4.78 is 0. The second-order valence-electron chi connectivity index (χ2n) is 3.61. The monoisotopic (exact) mass is 198 g/mol. The van der Waals surface area contributed by atoms with Gasteiger partial charge in [-0.3, -0.25) is 0 Å². The van der Waals surface area contributed by atoms with Gasteiger partial charge in [0.05, 0.1) is 0 Å². The van der Waals surface area contributed by atoms with Crippen LogP contribution < -0.4 is 0 Å². The lowest BCUT2D eigenvalue weighted by Crippen LogP contribution is -1.88. The van der Waals surface area contributed by atoms with Crippen molar-refractivity contribution < 1.29 is 0 Å². The molecule has 0 aliphatic rings. The van der Waals surface area contributed by atoms with Crippen LogP contribution in [-0.2, 0) is 0 Å². The van der Waals surface area contributed by atoms with Crippen LogP contribution in [-0.4, -0.2) is 0 Å². The Bertz CT molecular complexity index is 406. The summed E-state index contributed by atoms with van der Waals surface area (Å²) in [6, 6.07) is 6.38. The van der Waals surface area contributed by atoms with E-state index in [-0.39, 0.29) is 0 Å². The fourth-order valence-corrected chi connectivity index (χ4v) is 1.71. The molecule has 0 spiro atoms. The first kappa shape index (κ1) is 11.5. The molecule has 0 heterocycles. The van der Waals surface area contributed by atoms with Crippen LogP contribution in [0.4, 0.5) is 0 Å². The standard InChI is InChI=1S/C15H18/c1-5-8-12(3)15-11-7-10-14(9-6-2)13(15)4/h5-11H,1H2,2-4H3/b9-6-,12-8+. The zero-order chi connectivity index (χ0) is 11.3. The summed E-state index contributed by atoms with van der Waals surface area (Å²) in [5.41, 5.74) is 5.16. The Morgan fingerprint density at radius 2 is 2.07 bits per heavy atom. The third-order valence-corrected chi connectivity index (χ3v) is 2.51. The number of hydrogen-bond acceptors (Lipinski definition) is 0. The number of benzene rings is 1. The average Bonchev–Trinajstić information content (AvgIpc) is 2.22. The minimum Gasteiger partial charge on any atom is -0.0991 e. The number of rotatable bonds is 3.